The van der Waals surface area contributed by atoms with Gasteiger partial charge in [0.25, 0.3) is 5.91 Å². The molecule has 0 spiro atoms. The van der Waals surface area contributed by atoms with Crippen LogP contribution in [0.4, 0.5) is 10.1 Å². The van der Waals surface area contributed by atoms with Crippen LogP contribution in [0.5, 0.6) is 11.5 Å². The molecule has 0 aliphatic heterocycles. The molecule has 10 heteroatoms. The molecule has 156 valence electrons. The van der Waals surface area contributed by atoms with Gasteiger partial charge in [0, 0.05) is 5.56 Å². The highest BCUT2D eigenvalue weighted by molar-refractivity contribution is 7.92. The van der Waals surface area contributed by atoms with E-state index in [1.807, 2.05) is 0 Å². The van der Waals surface area contributed by atoms with Gasteiger partial charge in [-0.2, -0.15) is 5.10 Å². The molecule has 0 saturated heterocycles. The summed E-state index contributed by atoms with van der Waals surface area (Å²) in [4.78, 5) is 12.3. The van der Waals surface area contributed by atoms with Crippen molar-refractivity contribution < 1.29 is 27.1 Å². The molecule has 8 nitrogen and oxygen atoms in total. The number of methoxy groups -OCH3 is 2. The maximum atomic E-state index is 13.1. The number of anilines is 1. The Morgan fingerprint density at radius 2 is 1.72 bits per heavy atom. The van der Waals surface area contributed by atoms with Crippen LogP contribution < -0.4 is 19.2 Å². The molecule has 0 aliphatic rings. The lowest BCUT2D eigenvalue weighted by Gasteiger charge is -2.21. The quantitative estimate of drug-likeness (QED) is 0.518. The first-order valence-electron chi connectivity index (χ1n) is 8.44. The molecule has 2 aromatic rings. The van der Waals surface area contributed by atoms with Crippen LogP contribution in [0.3, 0.4) is 0 Å². The van der Waals surface area contributed by atoms with Crippen LogP contribution in [0.25, 0.3) is 0 Å². The summed E-state index contributed by atoms with van der Waals surface area (Å²) in [5, 5.41) is 4.01. The fourth-order valence-electron chi connectivity index (χ4n) is 2.45. The maximum absolute atomic E-state index is 13.1. The molecule has 0 aliphatic carbocycles. The number of benzene rings is 2. The van der Waals surface area contributed by atoms with Crippen molar-refractivity contribution in [3.63, 3.8) is 0 Å². The lowest BCUT2D eigenvalue weighted by atomic mass is 10.1. The van der Waals surface area contributed by atoms with E-state index < -0.39 is 28.3 Å². The van der Waals surface area contributed by atoms with E-state index in [-0.39, 0.29) is 5.69 Å². The van der Waals surface area contributed by atoms with E-state index in [2.05, 4.69) is 10.5 Å². The van der Waals surface area contributed by atoms with Gasteiger partial charge in [0.05, 0.1) is 31.9 Å². The first-order chi connectivity index (χ1) is 13.7. The summed E-state index contributed by atoms with van der Waals surface area (Å²) in [6, 6.07) is 9.94. The van der Waals surface area contributed by atoms with Crippen molar-refractivity contribution in [2.45, 2.75) is 6.92 Å². The topological polar surface area (TPSA) is 97.3 Å². The number of sulfonamides is 1. The Balaban J connectivity index is 2.14. The Morgan fingerprint density at radius 1 is 1.10 bits per heavy atom. The van der Waals surface area contributed by atoms with E-state index in [0.717, 1.165) is 22.7 Å². The van der Waals surface area contributed by atoms with Gasteiger partial charge < -0.3 is 9.47 Å². The second kappa shape index (κ2) is 9.37. The monoisotopic (exact) mass is 423 g/mol. The van der Waals surface area contributed by atoms with Crippen LogP contribution in [-0.2, 0) is 14.8 Å². The summed E-state index contributed by atoms with van der Waals surface area (Å²) in [6.07, 6.45) is 0.960. The van der Waals surface area contributed by atoms with Gasteiger partial charge in [-0.05, 0) is 49.4 Å². The molecule has 0 aromatic heterocycles. The average molecular weight is 423 g/mol. The second-order valence-corrected chi connectivity index (χ2v) is 7.95. The Morgan fingerprint density at radius 3 is 2.28 bits per heavy atom. The first-order valence-corrected chi connectivity index (χ1v) is 10.3. The van der Waals surface area contributed by atoms with Crippen molar-refractivity contribution in [1.82, 2.24) is 5.43 Å². The molecule has 0 unspecified atom stereocenters. The number of rotatable bonds is 8. The number of amides is 1. The number of carbonyl (C=O) groups excluding carboxylic acids is 1. The summed E-state index contributed by atoms with van der Waals surface area (Å²) in [5.74, 6) is -0.108. The largest absolute Gasteiger partial charge is 0.493 e. The number of hydrazone groups is 1. The van der Waals surface area contributed by atoms with Gasteiger partial charge >= 0.3 is 0 Å². The van der Waals surface area contributed by atoms with Gasteiger partial charge in [0.1, 0.15) is 12.4 Å². The van der Waals surface area contributed by atoms with Crippen molar-refractivity contribution in [3.05, 3.63) is 53.8 Å². The number of halogens is 1. The molecular formula is C19H22FN3O5S. The number of nitrogens with zero attached hydrogens (tertiary/aromatic N) is 2. The zero-order valence-corrected chi connectivity index (χ0v) is 17.3. The summed E-state index contributed by atoms with van der Waals surface area (Å²) in [7, 11) is -0.736. The van der Waals surface area contributed by atoms with E-state index in [9.17, 15) is 17.6 Å². The number of hydrogen-bond acceptors (Lipinski definition) is 6. The SMILES string of the molecule is COc1ccc(/C(C)=N\NC(=O)CN(c2ccc(F)cc2)S(C)(=O)=O)cc1OC. The number of ether oxygens (including phenoxy) is 2. The fraction of sp³-hybridized carbons (Fsp3) is 0.263. The third kappa shape index (κ3) is 5.92. The second-order valence-electron chi connectivity index (χ2n) is 6.05. The van der Waals surface area contributed by atoms with Crippen LogP contribution in [0, 0.1) is 5.82 Å². The van der Waals surface area contributed by atoms with Crippen LogP contribution in [-0.4, -0.2) is 47.1 Å². The van der Waals surface area contributed by atoms with Crippen molar-refractivity contribution in [2.24, 2.45) is 5.10 Å². The molecule has 0 heterocycles. The summed E-state index contributed by atoms with van der Waals surface area (Å²) < 4.78 is 48.4. The number of carbonyl (C=O) groups is 1. The zero-order valence-electron chi connectivity index (χ0n) is 16.5. The van der Waals surface area contributed by atoms with Crippen LogP contribution in [0.2, 0.25) is 0 Å². The molecular weight excluding hydrogens is 401 g/mol. The normalized spacial score (nSPS) is 11.7. The molecule has 2 aromatic carbocycles. The van der Waals surface area contributed by atoms with Gasteiger partial charge in [0.15, 0.2) is 11.5 Å². The highest BCUT2D eigenvalue weighted by Crippen LogP contribution is 2.27. The molecule has 1 amide bonds. The van der Waals surface area contributed by atoms with Gasteiger partial charge in [-0.25, -0.2) is 18.2 Å². The van der Waals surface area contributed by atoms with Crippen LogP contribution in [0.1, 0.15) is 12.5 Å². The summed E-state index contributed by atoms with van der Waals surface area (Å²) >= 11 is 0. The highest BCUT2D eigenvalue weighted by Gasteiger charge is 2.21. The average Bonchev–Trinajstić information content (AvgIpc) is 2.69. The van der Waals surface area contributed by atoms with Crippen molar-refractivity contribution in [3.8, 4) is 11.5 Å². The third-order valence-electron chi connectivity index (χ3n) is 3.95. The van der Waals surface area contributed by atoms with Crippen LogP contribution >= 0.6 is 0 Å². The maximum Gasteiger partial charge on any atom is 0.260 e. The van der Waals surface area contributed by atoms with E-state index in [1.54, 1.807) is 25.1 Å². The van der Waals surface area contributed by atoms with E-state index in [4.69, 9.17) is 9.47 Å². The first kappa shape index (κ1) is 22.2. The standard InChI is InChI=1S/C19H22FN3O5S/c1-13(14-5-10-17(27-2)18(11-14)28-3)21-22-19(24)12-23(29(4,25)26)16-8-6-15(20)7-9-16/h5-11H,12H2,1-4H3,(H,22,24)/b21-13-. The number of nitrogens with one attached hydrogen (secondary N) is 1. The lowest BCUT2D eigenvalue weighted by molar-refractivity contribution is -0.119. The molecule has 0 bridgehead atoms. The molecule has 0 saturated carbocycles. The predicted molar refractivity (Wildman–Crippen MR) is 108 cm³/mol. The molecule has 0 radical (unpaired) electrons. The van der Waals surface area contributed by atoms with Crippen molar-refractivity contribution >= 4 is 27.3 Å². The van der Waals surface area contributed by atoms with Gasteiger partial charge in [-0.3, -0.25) is 9.10 Å². The van der Waals surface area contributed by atoms with E-state index >= 15 is 0 Å². The Bertz CT molecular complexity index is 1010. The summed E-state index contributed by atoms with van der Waals surface area (Å²) in [5.41, 5.74) is 3.66. The lowest BCUT2D eigenvalue weighted by Crippen LogP contribution is -2.39. The predicted octanol–water partition coefficient (Wildman–Crippen LogP) is 2.15. The van der Waals surface area contributed by atoms with E-state index in [1.165, 1.54) is 26.4 Å². The minimum absolute atomic E-state index is 0.171. The highest BCUT2D eigenvalue weighted by atomic mass is 32.2. The Labute approximate surface area is 169 Å². The van der Waals surface area contributed by atoms with Crippen molar-refractivity contribution in [1.29, 1.82) is 0 Å². The molecule has 0 fully saturated rings. The minimum atomic E-state index is -3.76. The van der Waals surface area contributed by atoms with Gasteiger partial charge in [0.2, 0.25) is 10.0 Å². The summed E-state index contributed by atoms with van der Waals surface area (Å²) in [6.45, 7) is 1.17. The number of hydrogen-bond donors (Lipinski definition) is 1. The third-order valence-corrected chi connectivity index (χ3v) is 5.09. The molecule has 0 atom stereocenters. The van der Waals surface area contributed by atoms with Crippen LogP contribution in [0.15, 0.2) is 47.6 Å². The molecule has 2 rings (SSSR count). The molecule has 1 N–H and O–H groups in total. The van der Waals surface area contributed by atoms with Crippen molar-refractivity contribution in [2.75, 3.05) is 31.3 Å². The Kier molecular flexibility index (Phi) is 7.16. The molecule has 29 heavy (non-hydrogen) atoms. The van der Waals surface area contributed by atoms with Gasteiger partial charge in [-0.1, -0.05) is 0 Å². The Hall–Kier alpha value is -3.14. The fourth-order valence-corrected chi connectivity index (χ4v) is 3.30. The van der Waals surface area contributed by atoms with E-state index in [0.29, 0.717) is 22.8 Å². The van der Waals surface area contributed by atoms with Gasteiger partial charge in [-0.15, -0.1) is 0 Å². The zero-order chi connectivity index (χ0) is 21.6. The minimum Gasteiger partial charge on any atom is -0.493 e. The smallest absolute Gasteiger partial charge is 0.260 e.